The van der Waals surface area contributed by atoms with E-state index in [2.05, 4.69) is 19.3 Å². The number of piperidine rings is 1. The van der Waals surface area contributed by atoms with Crippen LogP contribution in [0.4, 0.5) is 5.69 Å². The second kappa shape index (κ2) is 6.13. The smallest absolute Gasteiger partial charge is 0.269 e. The zero-order valence-corrected chi connectivity index (χ0v) is 12.3. The van der Waals surface area contributed by atoms with Gasteiger partial charge in [-0.3, -0.25) is 10.2 Å². The summed E-state index contributed by atoms with van der Waals surface area (Å²) >= 11 is 0. The molecule has 0 aromatic heterocycles. The van der Waals surface area contributed by atoms with E-state index < -0.39 is 0 Å². The van der Waals surface area contributed by atoms with Crippen LogP contribution < -0.4 is 15.9 Å². The maximum atomic E-state index is 12.4. The topological polar surface area (TPSA) is 67.6 Å². The predicted octanol–water partition coefficient (Wildman–Crippen LogP) is 2.19. The molecule has 1 aromatic carbocycles. The van der Waals surface area contributed by atoms with Crippen LogP contribution in [0.15, 0.2) is 18.2 Å². The third-order valence-electron chi connectivity index (χ3n) is 3.92. The number of rotatable bonds is 3. The number of carbonyl (C=O) groups excluding carboxylic acids is 1. The lowest BCUT2D eigenvalue weighted by molar-refractivity contribution is 0.0368. The molecule has 1 amide bonds. The van der Waals surface area contributed by atoms with E-state index in [1.54, 1.807) is 18.2 Å². The van der Waals surface area contributed by atoms with Gasteiger partial charge in [0.25, 0.3) is 5.91 Å². The Labute approximate surface area is 120 Å². The van der Waals surface area contributed by atoms with Crippen LogP contribution in [-0.2, 0) is 0 Å². The molecule has 110 valence electrons. The Bertz CT molecular complexity index is 480. The molecule has 1 fully saturated rings. The molecule has 0 saturated carbocycles. The molecular formula is C15H23N3O2. The molecule has 2 rings (SSSR count). The van der Waals surface area contributed by atoms with Crippen molar-refractivity contribution in [1.82, 2.24) is 10.4 Å². The summed E-state index contributed by atoms with van der Waals surface area (Å²) in [6, 6.07) is 5.89. The summed E-state index contributed by atoms with van der Waals surface area (Å²) in [4.78, 5) is 12.4. The Hall–Kier alpha value is -1.75. The van der Waals surface area contributed by atoms with E-state index in [-0.39, 0.29) is 5.91 Å². The number of anilines is 1. The number of hydrazine groups is 1. The molecule has 1 heterocycles. The first-order valence-electron chi connectivity index (χ1n) is 7.06. The highest BCUT2D eigenvalue weighted by molar-refractivity contribution is 5.98. The molecule has 1 aliphatic heterocycles. The first-order valence-corrected chi connectivity index (χ1v) is 7.06. The van der Waals surface area contributed by atoms with Gasteiger partial charge in [-0.25, -0.2) is 5.01 Å². The average Bonchev–Trinajstić information content (AvgIpc) is 2.42. The Morgan fingerprint density at radius 2 is 2.00 bits per heavy atom. The van der Waals surface area contributed by atoms with E-state index in [0.29, 0.717) is 29.1 Å². The van der Waals surface area contributed by atoms with Crippen LogP contribution in [0.3, 0.4) is 0 Å². The molecule has 3 N–H and O–H groups in total. The lowest BCUT2D eigenvalue weighted by atomic mass is 10.00. The summed E-state index contributed by atoms with van der Waals surface area (Å²) in [6.45, 7) is 4.26. The molecule has 1 saturated heterocycles. The number of hydrogen-bond acceptors (Lipinski definition) is 4. The maximum Gasteiger partial charge on any atom is 0.269 e. The number of hydrogen-bond donors (Lipinski definition) is 2. The van der Waals surface area contributed by atoms with Gasteiger partial charge in [-0.05, 0) is 38.8 Å². The van der Waals surface area contributed by atoms with Gasteiger partial charge >= 0.3 is 0 Å². The number of methoxy groups -OCH3 is 1. The van der Waals surface area contributed by atoms with Crippen molar-refractivity contribution < 1.29 is 9.53 Å². The highest BCUT2D eigenvalue weighted by Crippen LogP contribution is 2.26. The third kappa shape index (κ3) is 2.88. The molecule has 1 aromatic rings. The fourth-order valence-electron chi connectivity index (χ4n) is 2.78. The van der Waals surface area contributed by atoms with Gasteiger partial charge in [0.1, 0.15) is 0 Å². The van der Waals surface area contributed by atoms with Crippen molar-refractivity contribution >= 4 is 11.6 Å². The second-order valence-electron chi connectivity index (χ2n) is 5.41. The van der Waals surface area contributed by atoms with Crippen molar-refractivity contribution in [1.29, 1.82) is 0 Å². The molecule has 20 heavy (non-hydrogen) atoms. The van der Waals surface area contributed by atoms with Crippen molar-refractivity contribution in [2.75, 3.05) is 12.8 Å². The minimum atomic E-state index is -0.172. The molecule has 0 aliphatic carbocycles. The van der Waals surface area contributed by atoms with Gasteiger partial charge in [-0.2, -0.15) is 0 Å². The number of nitrogen functional groups attached to an aromatic ring is 1. The molecular weight excluding hydrogens is 254 g/mol. The van der Waals surface area contributed by atoms with E-state index in [1.165, 1.54) is 13.5 Å². The van der Waals surface area contributed by atoms with E-state index in [4.69, 9.17) is 10.5 Å². The number of carbonyl (C=O) groups is 1. The normalized spacial score (nSPS) is 23.4. The van der Waals surface area contributed by atoms with Crippen molar-refractivity contribution in [2.45, 2.75) is 45.2 Å². The van der Waals surface area contributed by atoms with Gasteiger partial charge < -0.3 is 10.5 Å². The minimum absolute atomic E-state index is 0.172. The molecule has 0 spiro atoms. The zero-order valence-electron chi connectivity index (χ0n) is 12.3. The first kappa shape index (κ1) is 14.7. The van der Waals surface area contributed by atoms with Crippen LogP contribution in [0, 0.1) is 0 Å². The van der Waals surface area contributed by atoms with Crippen molar-refractivity contribution in [3.05, 3.63) is 23.8 Å². The second-order valence-corrected chi connectivity index (χ2v) is 5.41. The SMILES string of the molecule is COc1c(N)cccc1C(=O)NN1C(C)CCCC1C. The van der Waals surface area contributed by atoms with Crippen LogP contribution in [-0.4, -0.2) is 30.1 Å². The van der Waals surface area contributed by atoms with E-state index in [9.17, 15) is 4.79 Å². The van der Waals surface area contributed by atoms with Gasteiger partial charge in [-0.15, -0.1) is 0 Å². The first-order chi connectivity index (χ1) is 9.54. The van der Waals surface area contributed by atoms with Crippen LogP contribution >= 0.6 is 0 Å². The number of amides is 1. The number of benzene rings is 1. The van der Waals surface area contributed by atoms with Gasteiger partial charge in [0.05, 0.1) is 18.4 Å². The lowest BCUT2D eigenvalue weighted by Crippen LogP contribution is -2.54. The summed E-state index contributed by atoms with van der Waals surface area (Å²) in [7, 11) is 1.52. The predicted molar refractivity (Wildman–Crippen MR) is 79.5 cm³/mol. The molecule has 2 unspecified atom stereocenters. The molecule has 1 aliphatic rings. The minimum Gasteiger partial charge on any atom is -0.494 e. The van der Waals surface area contributed by atoms with Crippen LogP contribution in [0.25, 0.3) is 0 Å². The summed E-state index contributed by atoms with van der Waals surface area (Å²) in [6.07, 6.45) is 3.40. The van der Waals surface area contributed by atoms with Crippen molar-refractivity contribution in [3.63, 3.8) is 0 Å². The van der Waals surface area contributed by atoms with E-state index in [0.717, 1.165) is 12.8 Å². The largest absolute Gasteiger partial charge is 0.494 e. The number of nitrogens with one attached hydrogen (secondary N) is 1. The summed E-state index contributed by atoms with van der Waals surface area (Å²) in [5.74, 6) is 0.261. The van der Waals surface area contributed by atoms with Crippen LogP contribution in [0.2, 0.25) is 0 Å². The Kier molecular flexibility index (Phi) is 4.49. The zero-order chi connectivity index (χ0) is 14.7. The maximum absolute atomic E-state index is 12.4. The number of nitrogens with zero attached hydrogens (tertiary/aromatic N) is 1. The molecule has 2 atom stereocenters. The number of ether oxygens (including phenoxy) is 1. The fraction of sp³-hybridized carbons (Fsp3) is 0.533. The van der Waals surface area contributed by atoms with Gasteiger partial charge in [-0.1, -0.05) is 12.5 Å². The Balaban J connectivity index is 2.18. The van der Waals surface area contributed by atoms with Crippen LogP contribution in [0.5, 0.6) is 5.75 Å². The number of nitrogens with two attached hydrogens (primary N) is 1. The van der Waals surface area contributed by atoms with E-state index >= 15 is 0 Å². The van der Waals surface area contributed by atoms with Gasteiger partial charge in [0.15, 0.2) is 5.75 Å². The van der Waals surface area contributed by atoms with Crippen molar-refractivity contribution in [3.8, 4) is 5.75 Å². The fourth-order valence-corrected chi connectivity index (χ4v) is 2.78. The monoisotopic (exact) mass is 277 g/mol. The third-order valence-corrected chi connectivity index (χ3v) is 3.92. The molecule has 5 heteroatoms. The highest BCUT2D eigenvalue weighted by Gasteiger charge is 2.27. The highest BCUT2D eigenvalue weighted by atomic mass is 16.5. The summed E-state index contributed by atoms with van der Waals surface area (Å²) in [5, 5.41) is 2.04. The van der Waals surface area contributed by atoms with E-state index in [1.807, 2.05) is 5.01 Å². The van der Waals surface area contributed by atoms with Gasteiger partial charge in [0, 0.05) is 12.1 Å². The molecule has 0 radical (unpaired) electrons. The Morgan fingerprint density at radius 3 is 2.60 bits per heavy atom. The molecule has 0 bridgehead atoms. The van der Waals surface area contributed by atoms with Crippen LogP contribution in [0.1, 0.15) is 43.5 Å². The number of para-hydroxylation sites is 1. The quantitative estimate of drug-likeness (QED) is 0.831. The summed E-state index contributed by atoms with van der Waals surface area (Å²) < 4.78 is 5.24. The summed E-state index contributed by atoms with van der Waals surface area (Å²) in [5.41, 5.74) is 9.78. The average molecular weight is 277 g/mol. The Morgan fingerprint density at radius 1 is 1.35 bits per heavy atom. The van der Waals surface area contributed by atoms with Gasteiger partial charge in [0.2, 0.25) is 0 Å². The standard InChI is InChI=1S/C15H23N3O2/c1-10-6-4-7-11(2)18(10)17-15(19)12-8-5-9-13(16)14(12)20-3/h5,8-11H,4,6-7,16H2,1-3H3,(H,17,19). The lowest BCUT2D eigenvalue weighted by Gasteiger charge is -2.38. The van der Waals surface area contributed by atoms with Crippen molar-refractivity contribution in [2.24, 2.45) is 0 Å². The molecule has 5 nitrogen and oxygen atoms in total.